The smallest absolute Gasteiger partial charge is 0.325 e. The molecule has 106 valence electrons. The highest BCUT2D eigenvalue weighted by molar-refractivity contribution is 5.75. The zero-order chi connectivity index (χ0) is 14.1. The van der Waals surface area contributed by atoms with Gasteiger partial charge in [-0.3, -0.25) is 10.1 Å². The highest BCUT2D eigenvalue weighted by Gasteiger charge is 2.18. The minimum atomic E-state index is -0.845. The molecule has 0 aromatic heterocycles. The van der Waals surface area contributed by atoms with Gasteiger partial charge < -0.3 is 15.2 Å². The maximum Gasteiger partial charge on any atom is 0.325 e. The predicted molar refractivity (Wildman–Crippen MR) is 68.5 cm³/mol. The molecule has 6 heteroatoms. The first-order valence-corrected chi connectivity index (χ1v) is 5.92. The van der Waals surface area contributed by atoms with Gasteiger partial charge in [-0.25, -0.2) is 4.89 Å². The molecule has 3 N–H and O–H groups in total. The summed E-state index contributed by atoms with van der Waals surface area (Å²) in [6, 6.07) is 8.76. The minimum Gasteiger partial charge on any atom is -0.468 e. The van der Waals surface area contributed by atoms with Crippen molar-refractivity contribution in [1.29, 1.82) is 0 Å². The van der Waals surface area contributed by atoms with Gasteiger partial charge in [-0.2, -0.15) is 0 Å². The molecule has 0 amide bonds. The molecule has 0 spiro atoms. The van der Waals surface area contributed by atoms with Crippen LogP contribution in [-0.4, -0.2) is 43.7 Å². The second-order valence-corrected chi connectivity index (χ2v) is 4.07. The lowest BCUT2D eigenvalue weighted by Crippen LogP contribution is -2.38. The fourth-order valence-corrected chi connectivity index (χ4v) is 1.59. The van der Waals surface area contributed by atoms with E-state index in [1.54, 1.807) is 0 Å². The third-order valence-electron chi connectivity index (χ3n) is 2.58. The van der Waals surface area contributed by atoms with Crippen LogP contribution in [0, 0.1) is 0 Å². The Morgan fingerprint density at radius 1 is 1.32 bits per heavy atom. The van der Waals surface area contributed by atoms with Crippen LogP contribution >= 0.6 is 0 Å². The number of hydrogen-bond acceptors (Lipinski definition) is 6. The molecule has 19 heavy (non-hydrogen) atoms. The number of methoxy groups -OCH3 is 1. The molecule has 2 atom stereocenters. The minimum absolute atomic E-state index is 0.00276. The summed E-state index contributed by atoms with van der Waals surface area (Å²) in [7, 11) is 1.26. The number of nitrogens with two attached hydrogens (primary N) is 1. The molecule has 0 heterocycles. The van der Waals surface area contributed by atoms with Crippen molar-refractivity contribution in [3.63, 3.8) is 0 Å². The molecular weight excluding hydrogens is 250 g/mol. The van der Waals surface area contributed by atoms with Crippen LogP contribution in [0.5, 0.6) is 0 Å². The van der Waals surface area contributed by atoms with Gasteiger partial charge in [-0.1, -0.05) is 30.3 Å². The lowest BCUT2D eigenvalue weighted by molar-refractivity contribution is -0.260. The van der Waals surface area contributed by atoms with Gasteiger partial charge >= 0.3 is 5.97 Å². The Bertz CT molecular complexity index is 371. The summed E-state index contributed by atoms with van der Waals surface area (Å²) < 4.78 is 9.96. The van der Waals surface area contributed by atoms with Crippen LogP contribution in [0.3, 0.4) is 0 Å². The van der Waals surface area contributed by atoms with Crippen molar-refractivity contribution in [2.75, 3.05) is 20.3 Å². The highest BCUT2D eigenvalue weighted by atomic mass is 17.1. The maximum absolute atomic E-state index is 11.1. The van der Waals surface area contributed by atoms with Gasteiger partial charge in [-0.15, -0.1) is 0 Å². The Labute approximate surface area is 112 Å². The summed E-state index contributed by atoms with van der Waals surface area (Å²) in [5.74, 6) is -0.539. The second kappa shape index (κ2) is 8.60. The summed E-state index contributed by atoms with van der Waals surface area (Å²) in [5.41, 5.74) is 6.60. The van der Waals surface area contributed by atoms with E-state index in [4.69, 9.17) is 15.7 Å². The number of carbonyl (C=O) groups excluding carboxylic acids is 1. The standard InChI is InChI=1S/C13H19NO5/c1-17-13(15)12(14)9-18-11(8-19-16)7-10-5-3-2-4-6-10/h2-6,11-12,16H,7-9,14H2,1H3. The van der Waals surface area contributed by atoms with Crippen molar-refractivity contribution in [3.8, 4) is 0 Å². The number of rotatable bonds is 8. The molecule has 0 fully saturated rings. The van der Waals surface area contributed by atoms with Gasteiger partial charge in [0.1, 0.15) is 12.6 Å². The highest BCUT2D eigenvalue weighted by Crippen LogP contribution is 2.07. The Morgan fingerprint density at radius 3 is 2.58 bits per heavy atom. The summed E-state index contributed by atoms with van der Waals surface area (Å²) in [6.45, 7) is 0.0102. The molecule has 6 nitrogen and oxygen atoms in total. The molecule has 0 saturated heterocycles. The summed E-state index contributed by atoms with van der Waals surface area (Å²) in [4.78, 5) is 15.2. The van der Waals surface area contributed by atoms with E-state index in [0.717, 1.165) is 5.56 Å². The van der Waals surface area contributed by atoms with Crippen molar-refractivity contribution >= 4 is 5.97 Å². The largest absolute Gasteiger partial charge is 0.468 e. The molecule has 2 unspecified atom stereocenters. The van der Waals surface area contributed by atoms with Gasteiger partial charge in [0.15, 0.2) is 0 Å². The normalized spacial score (nSPS) is 13.8. The maximum atomic E-state index is 11.1. The van der Waals surface area contributed by atoms with Crippen LogP contribution in [0.25, 0.3) is 0 Å². The Morgan fingerprint density at radius 2 is 2.00 bits per heavy atom. The van der Waals surface area contributed by atoms with Crippen LogP contribution in [0.15, 0.2) is 30.3 Å². The van der Waals surface area contributed by atoms with E-state index in [1.165, 1.54) is 7.11 Å². The lowest BCUT2D eigenvalue weighted by Gasteiger charge is -2.18. The molecule has 0 radical (unpaired) electrons. The average molecular weight is 269 g/mol. The van der Waals surface area contributed by atoms with Crippen molar-refractivity contribution in [2.45, 2.75) is 18.6 Å². The van der Waals surface area contributed by atoms with Crippen LogP contribution in [0.2, 0.25) is 0 Å². The molecule has 0 aliphatic heterocycles. The topological polar surface area (TPSA) is 91.0 Å². The lowest BCUT2D eigenvalue weighted by atomic mass is 10.1. The molecule has 0 aliphatic rings. The van der Waals surface area contributed by atoms with Crippen LogP contribution in [-0.2, 0) is 25.6 Å². The van der Waals surface area contributed by atoms with Gasteiger partial charge in [-0.05, 0) is 5.56 Å². The summed E-state index contributed by atoms with van der Waals surface area (Å²) in [6.07, 6.45) is 0.165. The summed E-state index contributed by atoms with van der Waals surface area (Å²) >= 11 is 0. The van der Waals surface area contributed by atoms with Crippen molar-refractivity contribution in [1.82, 2.24) is 0 Å². The van der Waals surface area contributed by atoms with E-state index in [2.05, 4.69) is 9.62 Å². The van der Waals surface area contributed by atoms with E-state index in [1.807, 2.05) is 30.3 Å². The molecule has 0 bridgehead atoms. The van der Waals surface area contributed by atoms with E-state index >= 15 is 0 Å². The van der Waals surface area contributed by atoms with Crippen LogP contribution < -0.4 is 5.73 Å². The summed E-state index contributed by atoms with van der Waals surface area (Å²) in [5, 5.41) is 8.53. The average Bonchev–Trinajstić information content (AvgIpc) is 2.44. The zero-order valence-corrected chi connectivity index (χ0v) is 10.8. The molecular formula is C13H19NO5. The van der Waals surface area contributed by atoms with E-state index < -0.39 is 12.0 Å². The quantitative estimate of drug-likeness (QED) is 0.408. The molecule has 1 rings (SSSR count). The first-order valence-electron chi connectivity index (χ1n) is 5.92. The fourth-order valence-electron chi connectivity index (χ4n) is 1.59. The monoisotopic (exact) mass is 269 g/mol. The molecule has 0 saturated carbocycles. The Hall–Kier alpha value is -1.47. The van der Waals surface area contributed by atoms with Gasteiger partial charge in [0.25, 0.3) is 0 Å². The van der Waals surface area contributed by atoms with Gasteiger partial charge in [0.05, 0.1) is 19.8 Å². The Kier molecular flexibility index (Phi) is 7.06. The molecule has 1 aromatic carbocycles. The molecule has 1 aromatic rings. The second-order valence-electron chi connectivity index (χ2n) is 4.07. The van der Waals surface area contributed by atoms with E-state index in [9.17, 15) is 4.79 Å². The number of benzene rings is 1. The zero-order valence-electron chi connectivity index (χ0n) is 10.8. The van der Waals surface area contributed by atoms with Crippen LogP contribution in [0.4, 0.5) is 0 Å². The third-order valence-corrected chi connectivity index (χ3v) is 2.58. The molecule has 0 aliphatic carbocycles. The van der Waals surface area contributed by atoms with Crippen molar-refractivity contribution in [3.05, 3.63) is 35.9 Å². The van der Waals surface area contributed by atoms with Gasteiger partial charge in [0, 0.05) is 6.42 Å². The third kappa shape index (κ3) is 5.80. The van der Waals surface area contributed by atoms with Gasteiger partial charge in [0.2, 0.25) is 0 Å². The first kappa shape index (κ1) is 15.6. The number of hydrogen-bond donors (Lipinski definition) is 2. The number of carbonyl (C=O) groups is 1. The van der Waals surface area contributed by atoms with Crippen LogP contribution in [0.1, 0.15) is 5.56 Å². The van der Waals surface area contributed by atoms with Crippen molar-refractivity contribution in [2.24, 2.45) is 5.73 Å². The SMILES string of the molecule is COC(=O)C(N)COC(COO)Cc1ccccc1. The number of ether oxygens (including phenoxy) is 2. The van der Waals surface area contributed by atoms with E-state index in [0.29, 0.717) is 6.42 Å². The predicted octanol–water partition coefficient (Wildman–Crippen LogP) is 0.604. The van der Waals surface area contributed by atoms with Crippen molar-refractivity contribution < 1.29 is 24.4 Å². The fraction of sp³-hybridized carbons (Fsp3) is 0.462. The first-order chi connectivity index (χ1) is 9.17. The number of esters is 1. The van der Waals surface area contributed by atoms with E-state index in [-0.39, 0.29) is 19.3 Å². The Balaban J connectivity index is 2.46.